The van der Waals surface area contributed by atoms with Gasteiger partial charge in [-0.2, -0.15) is 0 Å². The van der Waals surface area contributed by atoms with E-state index in [0.717, 1.165) is 62.6 Å². The zero-order valence-corrected chi connectivity index (χ0v) is 44.6. The summed E-state index contributed by atoms with van der Waals surface area (Å²) in [5.41, 5.74) is 6.51. The van der Waals surface area contributed by atoms with E-state index < -0.39 is 0 Å². The van der Waals surface area contributed by atoms with Gasteiger partial charge in [-0.15, -0.1) is 0 Å². The molecular formula is C61H112. The Morgan fingerprint density at radius 1 is 0.295 bits per heavy atom. The first-order valence-corrected chi connectivity index (χ1v) is 28.3. The third-order valence-corrected chi connectivity index (χ3v) is 21.9. The summed E-state index contributed by atoms with van der Waals surface area (Å²) < 4.78 is 0. The molecular weight excluding hydrogens is 733 g/mol. The molecule has 2 unspecified atom stereocenters. The van der Waals surface area contributed by atoms with E-state index in [1.165, 1.54) is 135 Å². The van der Waals surface area contributed by atoms with Gasteiger partial charge in [0.1, 0.15) is 0 Å². The Morgan fingerprint density at radius 3 is 0.885 bits per heavy atom. The topological polar surface area (TPSA) is 0 Å². The van der Waals surface area contributed by atoms with Gasteiger partial charge in [0.25, 0.3) is 0 Å². The average molecular weight is 846 g/mol. The predicted octanol–water partition coefficient (Wildman–Crippen LogP) is 20.4. The fourth-order valence-electron chi connectivity index (χ4n) is 16.2. The van der Waals surface area contributed by atoms with Gasteiger partial charge in [0.15, 0.2) is 0 Å². The maximum Gasteiger partial charge on any atom is -0.0264 e. The van der Waals surface area contributed by atoms with Gasteiger partial charge in [-0.3, -0.25) is 0 Å². The smallest absolute Gasteiger partial charge is 0.0264 e. The average Bonchev–Trinajstić information content (AvgIpc) is 3.68. The largest absolute Gasteiger partial charge is 0.0625 e. The minimum Gasteiger partial charge on any atom is -0.0625 e. The van der Waals surface area contributed by atoms with E-state index >= 15 is 0 Å². The lowest BCUT2D eigenvalue weighted by atomic mass is 9.47. The normalized spacial score (nSPS) is 32.7. The van der Waals surface area contributed by atoms with Gasteiger partial charge in [-0.1, -0.05) is 148 Å². The fourth-order valence-corrected chi connectivity index (χ4v) is 16.2. The monoisotopic (exact) mass is 845 g/mol. The highest BCUT2D eigenvalue weighted by molar-refractivity contribution is 5.06. The Balaban J connectivity index is 0.000000128. The second-order valence-electron chi connectivity index (χ2n) is 30.3. The van der Waals surface area contributed by atoms with Crippen molar-refractivity contribution in [3.63, 3.8) is 0 Å². The van der Waals surface area contributed by atoms with Crippen LogP contribution in [0.4, 0.5) is 0 Å². The van der Waals surface area contributed by atoms with Crippen LogP contribution in [0.5, 0.6) is 0 Å². The summed E-state index contributed by atoms with van der Waals surface area (Å²) in [5.74, 6) is 6.09. The van der Waals surface area contributed by atoms with Crippen LogP contribution in [0.25, 0.3) is 0 Å². The molecule has 0 aromatic carbocycles. The molecule has 10 saturated carbocycles. The first kappa shape index (κ1) is 50.4. The van der Waals surface area contributed by atoms with Crippen LogP contribution in [0, 0.1) is 84.2 Å². The zero-order valence-electron chi connectivity index (χ0n) is 44.6. The lowest BCUT2D eigenvalue weighted by Gasteiger charge is -2.58. The molecule has 5 spiro atoms. The molecule has 0 heterocycles. The maximum atomic E-state index is 2.42. The first-order chi connectivity index (χ1) is 28.3. The van der Waals surface area contributed by atoms with E-state index in [4.69, 9.17) is 0 Å². The summed E-state index contributed by atoms with van der Waals surface area (Å²) in [6, 6.07) is 0. The van der Waals surface area contributed by atoms with Crippen molar-refractivity contribution in [2.75, 3.05) is 0 Å². The van der Waals surface area contributed by atoms with Crippen LogP contribution >= 0.6 is 0 Å². The van der Waals surface area contributed by atoms with Gasteiger partial charge in [-0.25, -0.2) is 0 Å². The van der Waals surface area contributed by atoms with Crippen LogP contribution in [0.1, 0.15) is 302 Å². The third-order valence-electron chi connectivity index (χ3n) is 21.9. The van der Waals surface area contributed by atoms with E-state index in [1.54, 1.807) is 70.6 Å². The molecule has 0 amide bonds. The van der Waals surface area contributed by atoms with E-state index in [-0.39, 0.29) is 0 Å². The molecule has 0 nitrogen and oxygen atoms in total. The van der Waals surface area contributed by atoms with Crippen LogP contribution in [-0.2, 0) is 0 Å². The number of hydrogen-bond acceptors (Lipinski definition) is 0. The quantitative estimate of drug-likeness (QED) is 0.247. The first-order valence-electron chi connectivity index (χ1n) is 28.3. The van der Waals surface area contributed by atoms with Crippen LogP contribution in [-0.4, -0.2) is 0 Å². The van der Waals surface area contributed by atoms with Crippen molar-refractivity contribution >= 4 is 0 Å². The van der Waals surface area contributed by atoms with E-state index in [0.29, 0.717) is 21.7 Å². The van der Waals surface area contributed by atoms with Crippen molar-refractivity contribution in [2.45, 2.75) is 302 Å². The summed E-state index contributed by atoms with van der Waals surface area (Å²) in [6.07, 6.45) is 48.9. The van der Waals surface area contributed by atoms with Crippen LogP contribution in [0.3, 0.4) is 0 Å². The van der Waals surface area contributed by atoms with Gasteiger partial charge in [-0.05, 0) is 238 Å². The molecule has 0 saturated heterocycles. The maximum absolute atomic E-state index is 2.42. The van der Waals surface area contributed by atoms with Crippen LogP contribution in [0.15, 0.2) is 0 Å². The molecule has 10 fully saturated rings. The molecule has 356 valence electrons. The SMILES string of the molecule is CC(C)(C)C1CC2(CCC2)C1.CC(C)(C)C1CCC2(CCC2)CC1.CC(C)(C)C1CCC2(CCCC2)C1.CC(C)(C)C1CCC2(CCCC2)CC1.CC(C)C1CC12CCCC2. The van der Waals surface area contributed by atoms with Gasteiger partial charge >= 0.3 is 0 Å². The third kappa shape index (κ3) is 12.9. The van der Waals surface area contributed by atoms with Crippen molar-refractivity contribution in [3.8, 4) is 0 Å². The summed E-state index contributed by atoms with van der Waals surface area (Å²) in [6.45, 7) is 33.7. The molecule has 10 aliphatic rings. The lowest BCUT2D eigenvalue weighted by molar-refractivity contribution is -0.0700. The van der Waals surface area contributed by atoms with Gasteiger partial charge in [0.2, 0.25) is 0 Å². The molecule has 0 aromatic rings. The summed E-state index contributed by atoms with van der Waals surface area (Å²) in [4.78, 5) is 0. The summed E-state index contributed by atoms with van der Waals surface area (Å²) in [5, 5.41) is 0. The van der Waals surface area contributed by atoms with Crippen molar-refractivity contribution in [1.82, 2.24) is 0 Å². The second kappa shape index (κ2) is 19.3. The molecule has 0 N–H and O–H groups in total. The molecule has 61 heavy (non-hydrogen) atoms. The highest BCUT2D eigenvalue weighted by Crippen LogP contribution is 2.66. The predicted molar refractivity (Wildman–Crippen MR) is 270 cm³/mol. The summed E-state index contributed by atoms with van der Waals surface area (Å²) in [7, 11) is 0. The molecule has 0 aromatic heterocycles. The number of hydrogen-bond donors (Lipinski definition) is 0. The van der Waals surface area contributed by atoms with Crippen molar-refractivity contribution in [3.05, 3.63) is 0 Å². The molecule has 0 heteroatoms. The second-order valence-corrected chi connectivity index (χ2v) is 30.3. The molecule has 2 atom stereocenters. The number of rotatable bonds is 1. The minimum atomic E-state index is 0.556. The summed E-state index contributed by atoms with van der Waals surface area (Å²) >= 11 is 0. The van der Waals surface area contributed by atoms with Gasteiger partial charge < -0.3 is 0 Å². The van der Waals surface area contributed by atoms with E-state index in [2.05, 4.69) is 96.9 Å². The molecule has 10 rings (SSSR count). The van der Waals surface area contributed by atoms with E-state index in [1.807, 2.05) is 0 Å². The van der Waals surface area contributed by atoms with Crippen LogP contribution < -0.4 is 0 Å². The lowest BCUT2D eigenvalue weighted by Crippen LogP contribution is -2.47. The Bertz CT molecular complexity index is 1290. The molecule has 0 bridgehead atoms. The fraction of sp³-hybridized carbons (Fsp3) is 1.00. The van der Waals surface area contributed by atoms with Crippen molar-refractivity contribution < 1.29 is 0 Å². The van der Waals surface area contributed by atoms with Gasteiger partial charge in [0, 0.05) is 0 Å². The molecule has 0 aliphatic heterocycles. The van der Waals surface area contributed by atoms with Crippen LogP contribution in [0.2, 0.25) is 0 Å². The Labute approximate surface area is 385 Å². The highest BCUT2D eigenvalue weighted by atomic mass is 14.6. The Kier molecular flexibility index (Phi) is 16.0. The zero-order chi connectivity index (χ0) is 44.6. The van der Waals surface area contributed by atoms with E-state index in [9.17, 15) is 0 Å². The van der Waals surface area contributed by atoms with Crippen molar-refractivity contribution in [1.29, 1.82) is 0 Å². The Hall–Kier alpha value is 0. The minimum absolute atomic E-state index is 0.556. The van der Waals surface area contributed by atoms with Crippen molar-refractivity contribution in [2.24, 2.45) is 84.2 Å². The highest BCUT2D eigenvalue weighted by Gasteiger charge is 2.55. The molecule has 0 radical (unpaired) electrons. The molecule has 10 aliphatic carbocycles. The standard InChI is InChI=1S/C14H26.2C13H24.C11H20.C10H18/c1-13(2,3)12-6-10-14(11-7-12)8-4-5-9-14;1-12(2,3)11-5-9-13(10-6-11)7-4-8-13;1-12(2,3)11-6-9-13(10-11)7-4-5-8-13;1-10(2,3)9-7-11(8-9)5-4-6-11;1-8(2)9-7-10(9)5-3-4-6-10/h12H,4-11H2,1-3H3;2*11H,4-10H2,1-3H3;9H,4-8H2,1-3H3;8-9H,3-7H2,1-2H3. The van der Waals surface area contributed by atoms with Gasteiger partial charge in [0.05, 0.1) is 0 Å². The Morgan fingerprint density at radius 2 is 0.590 bits per heavy atom.